The van der Waals surface area contributed by atoms with Gasteiger partial charge < -0.3 is 19.9 Å². The van der Waals surface area contributed by atoms with Crippen LogP contribution in [-0.4, -0.2) is 42.8 Å². The van der Waals surface area contributed by atoms with Crippen molar-refractivity contribution in [1.82, 2.24) is 15.3 Å². The van der Waals surface area contributed by atoms with E-state index in [0.717, 1.165) is 38.9 Å². The molecular formula is C14H24N4O2. The summed E-state index contributed by atoms with van der Waals surface area (Å²) in [5.74, 6) is 0.981. The third kappa shape index (κ3) is 3.30. The van der Waals surface area contributed by atoms with Gasteiger partial charge in [0, 0.05) is 19.1 Å². The fraction of sp³-hybridized carbons (Fsp3) is 0.714. The predicted octanol–water partition coefficient (Wildman–Crippen LogP) is 1.14. The summed E-state index contributed by atoms with van der Waals surface area (Å²) >= 11 is 0. The normalized spacial score (nSPS) is 19.1. The number of hydrogen-bond donors (Lipinski definition) is 2. The van der Waals surface area contributed by atoms with Gasteiger partial charge in [0.25, 0.3) is 5.56 Å². The van der Waals surface area contributed by atoms with Crippen LogP contribution in [0.25, 0.3) is 0 Å². The molecule has 0 aliphatic carbocycles. The van der Waals surface area contributed by atoms with Crippen LogP contribution in [-0.2, 0) is 0 Å². The molecule has 0 radical (unpaired) electrons. The van der Waals surface area contributed by atoms with Crippen LogP contribution < -0.4 is 20.5 Å². The van der Waals surface area contributed by atoms with Gasteiger partial charge in [0.05, 0.1) is 13.4 Å². The van der Waals surface area contributed by atoms with E-state index in [1.807, 2.05) is 0 Å². The first-order valence-corrected chi connectivity index (χ1v) is 7.37. The number of rotatable bonds is 6. The van der Waals surface area contributed by atoms with Gasteiger partial charge >= 0.3 is 0 Å². The van der Waals surface area contributed by atoms with E-state index in [9.17, 15) is 4.79 Å². The molecule has 1 aliphatic heterocycles. The van der Waals surface area contributed by atoms with Crippen molar-refractivity contribution >= 4 is 5.82 Å². The Morgan fingerprint density at radius 3 is 3.15 bits per heavy atom. The van der Waals surface area contributed by atoms with E-state index < -0.39 is 0 Å². The van der Waals surface area contributed by atoms with E-state index in [0.29, 0.717) is 17.6 Å². The first-order chi connectivity index (χ1) is 9.77. The van der Waals surface area contributed by atoms with Crippen molar-refractivity contribution in [2.24, 2.45) is 0 Å². The van der Waals surface area contributed by atoms with Gasteiger partial charge in [-0.05, 0) is 32.2 Å². The fourth-order valence-corrected chi connectivity index (χ4v) is 2.70. The van der Waals surface area contributed by atoms with Gasteiger partial charge in [0.1, 0.15) is 0 Å². The van der Waals surface area contributed by atoms with Crippen LogP contribution in [0.5, 0.6) is 5.75 Å². The predicted molar refractivity (Wildman–Crippen MR) is 79.6 cm³/mol. The van der Waals surface area contributed by atoms with E-state index in [2.05, 4.69) is 27.1 Å². The van der Waals surface area contributed by atoms with E-state index in [1.54, 1.807) is 0 Å². The average molecular weight is 280 g/mol. The van der Waals surface area contributed by atoms with E-state index >= 15 is 0 Å². The quantitative estimate of drug-likeness (QED) is 0.765. The van der Waals surface area contributed by atoms with Crippen molar-refractivity contribution in [3.05, 3.63) is 16.7 Å². The van der Waals surface area contributed by atoms with Gasteiger partial charge in [-0.3, -0.25) is 4.79 Å². The average Bonchev–Trinajstić information content (AvgIpc) is 2.48. The fourth-order valence-electron chi connectivity index (χ4n) is 2.70. The van der Waals surface area contributed by atoms with Gasteiger partial charge in [-0.15, -0.1) is 0 Å². The van der Waals surface area contributed by atoms with Crippen molar-refractivity contribution in [1.29, 1.82) is 0 Å². The molecule has 1 atom stereocenters. The standard InChI is InChI=1S/C14H24N4O2/c1-3-7-15-9-11-6-4-5-8-18(11)13-12(20-2)14(19)17-10-16-13/h10-11,15H,3-9H2,1-2H3,(H,16,17,19). The zero-order valence-electron chi connectivity index (χ0n) is 12.3. The Hall–Kier alpha value is -1.56. The molecule has 6 nitrogen and oxygen atoms in total. The van der Waals surface area contributed by atoms with Crippen LogP contribution in [0.4, 0.5) is 5.82 Å². The van der Waals surface area contributed by atoms with Crippen LogP contribution in [0, 0.1) is 0 Å². The highest BCUT2D eigenvalue weighted by Crippen LogP contribution is 2.27. The van der Waals surface area contributed by atoms with Crippen molar-refractivity contribution in [3.63, 3.8) is 0 Å². The molecule has 0 saturated carbocycles. The minimum Gasteiger partial charge on any atom is -0.489 e. The van der Waals surface area contributed by atoms with Gasteiger partial charge in [-0.25, -0.2) is 4.98 Å². The Morgan fingerprint density at radius 1 is 1.55 bits per heavy atom. The highest BCUT2D eigenvalue weighted by atomic mass is 16.5. The van der Waals surface area contributed by atoms with Crippen LogP contribution in [0.3, 0.4) is 0 Å². The molecule has 0 spiro atoms. The summed E-state index contributed by atoms with van der Waals surface area (Å²) in [5, 5.41) is 3.46. The number of piperidine rings is 1. The first-order valence-electron chi connectivity index (χ1n) is 7.37. The van der Waals surface area contributed by atoms with E-state index in [-0.39, 0.29) is 5.56 Å². The number of methoxy groups -OCH3 is 1. The van der Waals surface area contributed by atoms with Crippen molar-refractivity contribution < 1.29 is 4.74 Å². The Balaban J connectivity index is 2.19. The lowest BCUT2D eigenvalue weighted by Crippen LogP contribution is -2.46. The first kappa shape index (κ1) is 14.8. The van der Waals surface area contributed by atoms with Crippen LogP contribution >= 0.6 is 0 Å². The topological polar surface area (TPSA) is 70.2 Å². The summed E-state index contributed by atoms with van der Waals surface area (Å²) in [4.78, 5) is 20.9. The minimum absolute atomic E-state index is 0.219. The zero-order valence-corrected chi connectivity index (χ0v) is 12.3. The molecule has 1 aromatic heterocycles. The molecule has 112 valence electrons. The lowest BCUT2D eigenvalue weighted by atomic mass is 10.0. The minimum atomic E-state index is -0.219. The summed E-state index contributed by atoms with van der Waals surface area (Å²) in [7, 11) is 1.52. The Labute approximate surface area is 119 Å². The molecule has 1 saturated heterocycles. The van der Waals surface area contributed by atoms with Crippen LogP contribution in [0.2, 0.25) is 0 Å². The maximum absolute atomic E-state index is 11.8. The van der Waals surface area contributed by atoms with Crippen molar-refractivity contribution in [2.45, 2.75) is 38.6 Å². The van der Waals surface area contributed by atoms with Crippen LogP contribution in [0.1, 0.15) is 32.6 Å². The molecule has 20 heavy (non-hydrogen) atoms. The second kappa shape index (κ2) is 7.28. The molecular weight excluding hydrogens is 256 g/mol. The second-order valence-corrected chi connectivity index (χ2v) is 5.14. The number of nitrogens with one attached hydrogen (secondary N) is 2. The van der Waals surface area contributed by atoms with Gasteiger partial charge in [0.2, 0.25) is 5.75 Å². The second-order valence-electron chi connectivity index (χ2n) is 5.14. The lowest BCUT2D eigenvalue weighted by Gasteiger charge is -2.37. The van der Waals surface area contributed by atoms with Crippen LogP contribution in [0.15, 0.2) is 11.1 Å². The summed E-state index contributed by atoms with van der Waals surface area (Å²) in [6, 6.07) is 0.374. The number of aromatic amines is 1. The summed E-state index contributed by atoms with van der Waals surface area (Å²) < 4.78 is 5.23. The number of aromatic nitrogens is 2. The highest BCUT2D eigenvalue weighted by molar-refractivity contribution is 5.52. The SMILES string of the molecule is CCCNCC1CCCCN1c1nc[nH]c(=O)c1OC. The summed E-state index contributed by atoms with van der Waals surface area (Å²) in [6.07, 6.45) is 6.04. The zero-order chi connectivity index (χ0) is 14.4. The molecule has 2 heterocycles. The molecule has 2 N–H and O–H groups in total. The third-order valence-electron chi connectivity index (χ3n) is 3.70. The third-order valence-corrected chi connectivity index (χ3v) is 3.70. The Kier molecular flexibility index (Phi) is 5.40. The van der Waals surface area contributed by atoms with Crippen molar-refractivity contribution in [2.75, 3.05) is 31.6 Å². The lowest BCUT2D eigenvalue weighted by molar-refractivity contribution is 0.391. The monoisotopic (exact) mass is 280 g/mol. The molecule has 1 aliphatic rings. The maximum Gasteiger partial charge on any atom is 0.295 e. The van der Waals surface area contributed by atoms with E-state index in [1.165, 1.54) is 19.9 Å². The van der Waals surface area contributed by atoms with Gasteiger partial charge in [-0.2, -0.15) is 0 Å². The molecule has 0 aromatic carbocycles. The molecule has 1 aromatic rings. The Bertz CT molecular complexity index is 474. The largest absolute Gasteiger partial charge is 0.489 e. The van der Waals surface area contributed by atoms with Crippen molar-refractivity contribution in [3.8, 4) is 5.75 Å². The molecule has 1 unspecified atom stereocenters. The number of hydrogen-bond acceptors (Lipinski definition) is 5. The molecule has 6 heteroatoms. The maximum atomic E-state index is 11.8. The summed E-state index contributed by atoms with van der Waals surface area (Å²) in [5.41, 5.74) is -0.219. The number of ether oxygens (including phenoxy) is 1. The van der Waals surface area contributed by atoms with E-state index in [4.69, 9.17) is 4.74 Å². The number of anilines is 1. The molecule has 1 fully saturated rings. The van der Waals surface area contributed by atoms with Gasteiger partial charge in [-0.1, -0.05) is 6.92 Å². The molecule has 0 amide bonds. The highest BCUT2D eigenvalue weighted by Gasteiger charge is 2.26. The van der Waals surface area contributed by atoms with Gasteiger partial charge in [0.15, 0.2) is 5.82 Å². The smallest absolute Gasteiger partial charge is 0.295 e. The molecule has 2 rings (SSSR count). The molecule has 0 bridgehead atoms. The number of H-pyrrole nitrogens is 1. The Morgan fingerprint density at radius 2 is 2.40 bits per heavy atom. The summed E-state index contributed by atoms with van der Waals surface area (Å²) in [6.45, 7) is 5.02. The number of nitrogens with zero attached hydrogens (tertiary/aromatic N) is 2.